The summed E-state index contributed by atoms with van der Waals surface area (Å²) in [5.74, 6) is 0.269. The summed E-state index contributed by atoms with van der Waals surface area (Å²) >= 11 is 0. The van der Waals surface area contributed by atoms with E-state index < -0.39 is 17.6 Å². The summed E-state index contributed by atoms with van der Waals surface area (Å²) in [7, 11) is 0. The minimum atomic E-state index is -0.834. The molecule has 4 rings (SSSR count). The van der Waals surface area contributed by atoms with Gasteiger partial charge in [0.1, 0.15) is 18.0 Å². The number of aliphatic hydroxyl groups excluding tert-OH is 1. The highest BCUT2D eigenvalue weighted by atomic mass is 16.5. The van der Waals surface area contributed by atoms with Gasteiger partial charge in [-0.3, -0.25) is 4.79 Å². The third-order valence-electron chi connectivity index (χ3n) is 6.83. The molecule has 3 nitrogen and oxygen atoms in total. The molecule has 3 aromatic rings. The van der Waals surface area contributed by atoms with E-state index in [1.807, 2.05) is 78.9 Å². The van der Waals surface area contributed by atoms with E-state index in [0.717, 1.165) is 36.0 Å². The molecule has 166 valence electrons. The molecule has 0 spiro atoms. The number of aliphatic hydroxyl groups is 1. The van der Waals surface area contributed by atoms with Crippen LogP contribution in [-0.4, -0.2) is 17.0 Å². The van der Waals surface area contributed by atoms with E-state index in [4.69, 9.17) is 4.74 Å². The highest BCUT2D eigenvalue weighted by molar-refractivity contribution is 5.85. The van der Waals surface area contributed by atoms with Crippen molar-refractivity contribution >= 4 is 5.78 Å². The maximum absolute atomic E-state index is 13.2. The van der Waals surface area contributed by atoms with Crippen molar-refractivity contribution in [3.05, 3.63) is 108 Å². The summed E-state index contributed by atoms with van der Waals surface area (Å²) in [5, 5.41) is 11.4. The van der Waals surface area contributed by atoms with Crippen molar-refractivity contribution in [3.8, 4) is 0 Å². The Hall–Kier alpha value is -2.75. The number of carbonyl (C=O) groups is 1. The van der Waals surface area contributed by atoms with Gasteiger partial charge in [-0.1, -0.05) is 104 Å². The van der Waals surface area contributed by atoms with Gasteiger partial charge in [0.05, 0.1) is 11.5 Å². The average Bonchev–Trinajstić information content (AvgIpc) is 2.85. The van der Waals surface area contributed by atoms with Crippen LogP contribution in [0.1, 0.15) is 61.5 Å². The number of ketones is 1. The number of Topliss-reactive ketones (excluding diaryl/α,β-unsaturated/α-hetero) is 1. The number of hydrogen-bond acceptors (Lipinski definition) is 3. The quantitative estimate of drug-likeness (QED) is 0.462. The summed E-state index contributed by atoms with van der Waals surface area (Å²) in [6.07, 6.45) is 2.28. The van der Waals surface area contributed by atoms with Gasteiger partial charge in [-0.05, 0) is 36.0 Å². The Morgan fingerprint density at radius 3 is 2.00 bits per heavy atom. The van der Waals surface area contributed by atoms with Crippen molar-refractivity contribution in [1.82, 2.24) is 0 Å². The van der Waals surface area contributed by atoms with E-state index in [1.165, 1.54) is 0 Å². The minimum Gasteiger partial charge on any atom is -0.385 e. The predicted molar refractivity (Wildman–Crippen MR) is 127 cm³/mol. The minimum absolute atomic E-state index is 0.269. The summed E-state index contributed by atoms with van der Waals surface area (Å²) < 4.78 is 6.80. The van der Waals surface area contributed by atoms with Gasteiger partial charge in [-0.15, -0.1) is 0 Å². The van der Waals surface area contributed by atoms with E-state index in [0.29, 0.717) is 12.8 Å². The van der Waals surface area contributed by atoms with Crippen LogP contribution in [0.4, 0.5) is 0 Å². The molecule has 0 heterocycles. The van der Waals surface area contributed by atoms with Crippen molar-refractivity contribution in [2.45, 2.75) is 57.3 Å². The second-order valence-electron chi connectivity index (χ2n) is 9.05. The van der Waals surface area contributed by atoms with Gasteiger partial charge in [0, 0.05) is 6.42 Å². The Bertz CT molecular complexity index is 987. The van der Waals surface area contributed by atoms with Crippen molar-refractivity contribution in [1.29, 1.82) is 0 Å². The zero-order chi connectivity index (χ0) is 22.4. The van der Waals surface area contributed by atoms with Crippen molar-refractivity contribution in [2.75, 3.05) is 0 Å². The zero-order valence-electron chi connectivity index (χ0n) is 18.7. The van der Waals surface area contributed by atoms with Gasteiger partial charge >= 0.3 is 0 Å². The Balaban J connectivity index is 1.71. The van der Waals surface area contributed by atoms with Crippen LogP contribution in [0.15, 0.2) is 91.0 Å². The molecule has 0 bridgehead atoms. The molecule has 0 radical (unpaired) electrons. The van der Waals surface area contributed by atoms with Crippen LogP contribution in [0.5, 0.6) is 0 Å². The Morgan fingerprint density at radius 1 is 0.844 bits per heavy atom. The van der Waals surface area contributed by atoms with Crippen LogP contribution in [0.3, 0.4) is 0 Å². The first-order valence-corrected chi connectivity index (χ1v) is 11.6. The molecule has 1 aliphatic carbocycles. The number of ether oxygens (including phenoxy) is 1. The van der Waals surface area contributed by atoms with Gasteiger partial charge in [-0.25, -0.2) is 0 Å². The molecular weight excluding hydrogens is 396 g/mol. The fraction of sp³-hybridized carbons (Fsp3) is 0.345. The molecule has 1 N–H and O–H groups in total. The zero-order valence-corrected chi connectivity index (χ0v) is 18.7. The number of hydrogen-bond donors (Lipinski definition) is 1. The molecule has 3 heteroatoms. The lowest BCUT2D eigenvalue weighted by molar-refractivity contribution is -0.156. The van der Waals surface area contributed by atoms with Crippen molar-refractivity contribution < 1.29 is 14.6 Å². The molecule has 1 fully saturated rings. The van der Waals surface area contributed by atoms with Crippen molar-refractivity contribution in [3.63, 3.8) is 0 Å². The second-order valence-corrected chi connectivity index (χ2v) is 9.05. The molecule has 0 aliphatic heterocycles. The lowest BCUT2D eigenvalue weighted by atomic mass is 9.69. The number of rotatable bonds is 8. The molecule has 1 saturated carbocycles. The molecule has 0 amide bonds. The van der Waals surface area contributed by atoms with E-state index in [2.05, 4.69) is 19.1 Å². The molecule has 4 atom stereocenters. The van der Waals surface area contributed by atoms with Crippen LogP contribution in [-0.2, 0) is 16.0 Å². The molecule has 3 aromatic carbocycles. The molecular formula is C29H32O3. The molecule has 32 heavy (non-hydrogen) atoms. The van der Waals surface area contributed by atoms with Gasteiger partial charge in [0.15, 0.2) is 0 Å². The lowest BCUT2D eigenvalue weighted by Crippen LogP contribution is -2.45. The fourth-order valence-electron chi connectivity index (χ4n) is 4.78. The summed E-state index contributed by atoms with van der Waals surface area (Å²) in [6.45, 7) is 2.05. The monoisotopic (exact) mass is 428 g/mol. The molecule has 0 saturated heterocycles. The second kappa shape index (κ2) is 10.2. The summed E-state index contributed by atoms with van der Waals surface area (Å²) in [5.41, 5.74) is 2.28. The van der Waals surface area contributed by atoms with E-state index >= 15 is 0 Å². The van der Waals surface area contributed by atoms with E-state index in [1.54, 1.807) is 0 Å². The Kier molecular flexibility index (Phi) is 7.19. The van der Waals surface area contributed by atoms with Gasteiger partial charge in [0.25, 0.3) is 0 Å². The average molecular weight is 429 g/mol. The van der Waals surface area contributed by atoms with Crippen LogP contribution >= 0.6 is 0 Å². The maximum Gasteiger partial charge on any atom is 0.141 e. The van der Waals surface area contributed by atoms with Crippen LogP contribution < -0.4 is 0 Å². The van der Waals surface area contributed by atoms with Crippen LogP contribution in [0, 0.1) is 5.41 Å². The SMILES string of the molecule is C[C@]1([C@@H](Cc2ccccc2)O[C@@H](c2ccccc2)[C@@H](O)c2ccccc2)CCCCC1=O. The van der Waals surface area contributed by atoms with Crippen LogP contribution in [0.2, 0.25) is 0 Å². The van der Waals surface area contributed by atoms with Crippen molar-refractivity contribution in [2.24, 2.45) is 5.41 Å². The van der Waals surface area contributed by atoms with Gasteiger partial charge in [-0.2, -0.15) is 0 Å². The summed E-state index contributed by atoms with van der Waals surface area (Å²) in [6, 6.07) is 29.7. The summed E-state index contributed by atoms with van der Waals surface area (Å²) in [4.78, 5) is 13.2. The van der Waals surface area contributed by atoms with Gasteiger partial charge in [0.2, 0.25) is 0 Å². The van der Waals surface area contributed by atoms with E-state index in [9.17, 15) is 9.90 Å². The van der Waals surface area contributed by atoms with Crippen LogP contribution in [0.25, 0.3) is 0 Å². The number of carbonyl (C=O) groups excluding carboxylic acids is 1. The highest BCUT2D eigenvalue weighted by Crippen LogP contribution is 2.43. The lowest BCUT2D eigenvalue weighted by Gasteiger charge is -2.41. The predicted octanol–water partition coefficient (Wildman–Crippen LogP) is 6.24. The smallest absolute Gasteiger partial charge is 0.141 e. The molecule has 0 aromatic heterocycles. The normalized spacial score (nSPS) is 21.6. The number of benzene rings is 3. The Labute approximate surface area is 191 Å². The molecule has 1 aliphatic rings. The maximum atomic E-state index is 13.2. The highest BCUT2D eigenvalue weighted by Gasteiger charge is 2.44. The largest absolute Gasteiger partial charge is 0.385 e. The third-order valence-corrected chi connectivity index (χ3v) is 6.83. The third kappa shape index (κ3) is 5.01. The first-order chi connectivity index (χ1) is 15.6. The fourth-order valence-corrected chi connectivity index (χ4v) is 4.78. The van der Waals surface area contributed by atoms with Gasteiger partial charge < -0.3 is 9.84 Å². The first-order valence-electron chi connectivity index (χ1n) is 11.6. The molecule has 0 unspecified atom stereocenters. The topological polar surface area (TPSA) is 46.5 Å². The van der Waals surface area contributed by atoms with E-state index in [-0.39, 0.29) is 11.9 Å². The first kappa shape index (κ1) is 22.4. The standard InChI is InChI=1S/C29H32O3/c1-29(20-12-11-19-25(29)30)26(21-22-13-5-2-6-14-22)32-28(24-17-9-4-10-18-24)27(31)23-15-7-3-8-16-23/h2-10,13-18,26-28,31H,11-12,19-21H2,1H3/t26-,27+,28+,29+/m1/s1. The Morgan fingerprint density at radius 2 is 1.41 bits per heavy atom.